The van der Waals surface area contributed by atoms with E-state index in [0.717, 1.165) is 12.0 Å². The van der Waals surface area contributed by atoms with Crippen molar-refractivity contribution >= 4 is 15.9 Å². The second-order valence-electron chi connectivity index (χ2n) is 4.55. The normalized spacial score (nSPS) is 11.3. The fraction of sp³-hybridized carbons (Fsp3) is 0.500. The quantitative estimate of drug-likeness (QED) is 0.657. The van der Waals surface area contributed by atoms with Crippen LogP contribution in [0, 0.1) is 0 Å². The van der Waals surface area contributed by atoms with Gasteiger partial charge in [0, 0.05) is 26.7 Å². The zero-order valence-corrected chi connectivity index (χ0v) is 13.2. The maximum atomic E-state index is 11.6. The van der Waals surface area contributed by atoms with E-state index in [2.05, 4.69) is 10.0 Å². The molecule has 0 unspecified atom stereocenters. The molecule has 6 nitrogen and oxygen atoms in total. The largest absolute Gasteiger partial charge is 0.385 e. The highest BCUT2D eigenvalue weighted by Gasteiger charge is 2.10. The molecule has 1 rings (SSSR count). The summed E-state index contributed by atoms with van der Waals surface area (Å²) < 4.78 is 30.3. The molecule has 0 heterocycles. The molecule has 1 aromatic carbocycles. The van der Waals surface area contributed by atoms with Crippen molar-refractivity contribution < 1.29 is 17.9 Å². The van der Waals surface area contributed by atoms with Gasteiger partial charge in [-0.2, -0.15) is 0 Å². The third-order valence-electron chi connectivity index (χ3n) is 2.99. The van der Waals surface area contributed by atoms with Crippen molar-refractivity contribution in [2.75, 3.05) is 27.3 Å². The van der Waals surface area contributed by atoms with Crippen molar-refractivity contribution in [1.82, 2.24) is 10.0 Å². The van der Waals surface area contributed by atoms with Crippen LogP contribution in [0.4, 0.5) is 0 Å². The maximum absolute atomic E-state index is 11.6. The Kier molecular flexibility index (Phi) is 7.35. The smallest absolute Gasteiger partial charge is 0.240 e. The molecule has 1 amide bonds. The van der Waals surface area contributed by atoms with Crippen molar-refractivity contribution in [3.63, 3.8) is 0 Å². The number of nitrogens with one attached hydrogen (secondary N) is 2. The molecule has 0 saturated carbocycles. The average Bonchev–Trinajstić information content (AvgIpc) is 2.50. The second kappa shape index (κ2) is 8.76. The number of benzene rings is 1. The molecule has 1 aromatic rings. The van der Waals surface area contributed by atoms with Crippen LogP contribution in [0.1, 0.15) is 18.4 Å². The van der Waals surface area contributed by atoms with Gasteiger partial charge in [-0.1, -0.05) is 12.1 Å². The summed E-state index contributed by atoms with van der Waals surface area (Å²) in [6.07, 6.45) is 1.75. The number of carbonyl (C=O) groups excluding carboxylic acids is 1. The lowest BCUT2D eigenvalue weighted by Gasteiger charge is -2.06. The molecule has 0 fully saturated rings. The van der Waals surface area contributed by atoms with Gasteiger partial charge in [-0.3, -0.25) is 4.79 Å². The van der Waals surface area contributed by atoms with E-state index in [0.29, 0.717) is 26.0 Å². The van der Waals surface area contributed by atoms with Gasteiger partial charge >= 0.3 is 0 Å². The third kappa shape index (κ3) is 6.24. The van der Waals surface area contributed by atoms with Crippen LogP contribution in [0.3, 0.4) is 0 Å². The van der Waals surface area contributed by atoms with E-state index in [1.54, 1.807) is 19.2 Å². The number of aryl methyl sites for hydroxylation is 1. The van der Waals surface area contributed by atoms with Crippen molar-refractivity contribution in [2.45, 2.75) is 24.2 Å². The van der Waals surface area contributed by atoms with Crippen LogP contribution in [0.25, 0.3) is 0 Å². The summed E-state index contributed by atoms with van der Waals surface area (Å²) in [4.78, 5) is 11.8. The summed E-state index contributed by atoms with van der Waals surface area (Å²) in [5.74, 6) is -0.0157. The highest BCUT2D eigenvalue weighted by Crippen LogP contribution is 2.11. The summed E-state index contributed by atoms with van der Waals surface area (Å²) in [5, 5.41) is 2.81. The first-order valence-corrected chi connectivity index (χ1v) is 8.26. The van der Waals surface area contributed by atoms with E-state index in [-0.39, 0.29) is 10.8 Å². The van der Waals surface area contributed by atoms with Gasteiger partial charge < -0.3 is 10.1 Å². The summed E-state index contributed by atoms with van der Waals surface area (Å²) in [5.41, 5.74) is 0.928. The molecule has 0 aromatic heterocycles. The Morgan fingerprint density at radius 3 is 2.48 bits per heavy atom. The molecule has 0 aliphatic rings. The highest BCUT2D eigenvalue weighted by atomic mass is 32.2. The van der Waals surface area contributed by atoms with E-state index in [1.807, 2.05) is 0 Å². The Balaban J connectivity index is 2.41. The lowest BCUT2D eigenvalue weighted by atomic mass is 10.1. The molecule has 2 N–H and O–H groups in total. The second-order valence-corrected chi connectivity index (χ2v) is 6.43. The van der Waals surface area contributed by atoms with Gasteiger partial charge in [0.25, 0.3) is 0 Å². The Morgan fingerprint density at radius 2 is 1.90 bits per heavy atom. The molecule has 0 bridgehead atoms. The lowest BCUT2D eigenvalue weighted by Crippen LogP contribution is -2.25. The number of hydrogen-bond donors (Lipinski definition) is 2. The van der Waals surface area contributed by atoms with Gasteiger partial charge in [-0.15, -0.1) is 0 Å². The fourth-order valence-corrected chi connectivity index (χ4v) is 2.47. The Bertz CT molecular complexity index is 541. The first-order chi connectivity index (χ1) is 9.99. The molecular weight excluding hydrogens is 292 g/mol. The van der Waals surface area contributed by atoms with Crippen molar-refractivity contribution in [1.29, 1.82) is 0 Å². The molecule has 7 heteroatoms. The monoisotopic (exact) mass is 314 g/mol. The summed E-state index contributed by atoms with van der Waals surface area (Å²) in [6.45, 7) is 1.23. The zero-order chi connectivity index (χ0) is 15.7. The molecule has 0 radical (unpaired) electrons. The van der Waals surface area contributed by atoms with Gasteiger partial charge in [-0.05, 0) is 37.6 Å². The third-order valence-corrected chi connectivity index (χ3v) is 4.42. The van der Waals surface area contributed by atoms with Crippen molar-refractivity contribution in [2.24, 2.45) is 0 Å². The molecule has 21 heavy (non-hydrogen) atoms. The van der Waals surface area contributed by atoms with Crippen LogP contribution in [0.2, 0.25) is 0 Å². The van der Waals surface area contributed by atoms with Crippen molar-refractivity contribution in [3.05, 3.63) is 29.8 Å². The Hall–Kier alpha value is -1.44. The van der Waals surface area contributed by atoms with Crippen LogP contribution in [-0.2, 0) is 26.0 Å². The molecule has 0 spiro atoms. The molecule has 0 saturated heterocycles. The van der Waals surface area contributed by atoms with Gasteiger partial charge in [-0.25, -0.2) is 13.1 Å². The summed E-state index contributed by atoms with van der Waals surface area (Å²) in [7, 11) is -0.408. The summed E-state index contributed by atoms with van der Waals surface area (Å²) in [6, 6.07) is 6.53. The summed E-state index contributed by atoms with van der Waals surface area (Å²) >= 11 is 0. The van der Waals surface area contributed by atoms with Gasteiger partial charge in [0.1, 0.15) is 0 Å². The molecule has 118 valence electrons. The molecule has 0 aliphatic heterocycles. The fourth-order valence-electron chi connectivity index (χ4n) is 1.74. The minimum atomic E-state index is -3.40. The number of methoxy groups -OCH3 is 1. The minimum Gasteiger partial charge on any atom is -0.385 e. The molecular formula is C14H22N2O4S. The molecule has 0 aliphatic carbocycles. The van der Waals surface area contributed by atoms with Crippen LogP contribution >= 0.6 is 0 Å². The van der Waals surface area contributed by atoms with Crippen LogP contribution < -0.4 is 10.0 Å². The minimum absolute atomic E-state index is 0.0157. The topological polar surface area (TPSA) is 84.5 Å². The first kappa shape index (κ1) is 17.6. The predicted molar refractivity (Wildman–Crippen MR) is 80.5 cm³/mol. The SMILES string of the molecule is CNS(=O)(=O)c1ccc(CCC(=O)NCCCOC)cc1. The number of rotatable bonds is 9. The van der Waals surface area contributed by atoms with Crippen LogP contribution in [0.5, 0.6) is 0 Å². The zero-order valence-electron chi connectivity index (χ0n) is 12.4. The number of carbonyl (C=O) groups is 1. The van der Waals surface area contributed by atoms with Crippen molar-refractivity contribution in [3.8, 4) is 0 Å². The van der Waals surface area contributed by atoms with Crippen LogP contribution in [-0.4, -0.2) is 41.6 Å². The van der Waals surface area contributed by atoms with E-state index in [4.69, 9.17) is 4.74 Å². The standard InChI is InChI=1S/C14H22N2O4S/c1-15-21(18,19)13-7-4-12(5-8-13)6-9-14(17)16-10-3-11-20-2/h4-5,7-8,15H,3,6,9-11H2,1-2H3,(H,16,17). The maximum Gasteiger partial charge on any atom is 0.240 e. The van der Waals surface area contributed by atoms with Gasteiger partial charge in [0.2, 0.25) is 15.9 Å². The molecule has 0 atom stereocenters. The number of ether oxygens (including phenoxy) is 1. The van der Waals surface area contributed by atoms with Crippen LogP contribution in [0.15, 0.2) is 29.2 Å². The first-order valence-electron chi connectivity index (χ1n) is 6.77. The van der Waals surface area contributed by atoms with Gasteiger partial charge in [0.05, 0.1) is 4.90 Å². The van der Waals surface area contributed by atoms with E-state index in [1.165, 1.54) is 19.2 Å². The number of hydrogen-bond acceptors (Lipinski definition) is 4. The predicted octanol–water partition coefficient (Wildman–Crippen LogP) is 0.680. The van der Waals surface area contributed by atoms with Gasteiger partial charge in [0.15, 0.2) is 0 Å². The Morgan fingerprint density at radius 1 is 1.24 bits per heavy atom. The number of amides is 1. The lowest BCUT2D eigenvalue weighted by molar-refractivity contribution is -0.121. The van der Waals surface area contributed by atoms with E-state index < -0.39 is 10.0 Å². The van der Waals surface area contributed by atoms with E-state index >= 15 is 0 Å². The van der Waals surface area contributed by atoms with E-state index in [9.17, 15) is 13.2 Å². The number of sulfonamides is 1. The highest BCUT2D eigenvalue weighted by molar-refractivity contribution is 7.89. The average molecular weight is 314 g/mol. The Labute approximate surface area is 125 Å².